The molecule has 10 rings (SSSR count). The number of carbonyl (C=O) groups excluding carboxylic acids is 1. The predicted octanol–water partition coefficient (Wildman–Crippen LogP) is 3.50. The normalized spacial score (nSPS) is 70.7. The SMILES string of the molecule is COC(=O)C12C[C@@H]3C4CC5[C@H]6CC7C[C@@H]5[C@H]3C(C7)(C1)[C@@H]6[C@H]4C2. The van der Waals surface area contributed by atoms with E-state index < -0.39 is 0 Å². The molecule has 11 atom stereocenters. The van der Waals surface area contributed by atoms with E-state index in [-0.39, 0.29) is 11.4 Å². The number of carbonyl (C=O) groups is 1. The Morgan fingerprint density at radius 3 is 2.14 bits per heavy atom. The Hall–Kier alpha value is -0.530. The van der Waals surface area contributed by atoms with E-state index in [0.29, 0.717) is 5.41 Å². The Kier molecular flexibility index (Phi) is 1.72. The van der Waals surface area contributed by atoms with Gasteiger partial charge in [-0.15, -0.1) is 0 Å². The fraction of sp³-hybridized carbons (Fsp3) is 0.950. The molecule has 2 heteroatoms. The van der Waals surface area contributed by atoms with E-state index in [4.69, 9.17) is 4.74 Å². The Labute approximate surface area is 132 Å². The molecular formula is C20H26O2. The summed E-state index contributed by atoms with van der Waals surface area (Å²) < 4.78 is 5.34. The molecule has 0 amide bonds. The molecule has 118 valence electrons. The third-order valence-corrected chi connectivity index (χ3v) is 10.3. The van der Waals surface area contributed by atoms with E-state index >= 15 is 0 Å². The van der Waals surface area contributed by atoms with Crippen LogP contribution in [0.4, 0.5) is 0 Å². The lowest BCUT2D eigenvalue weighted by Crippen LogP contribution is -2.79. The van der Waals surface area contributed by atoms with Crippen molar-refractivity contribution >= 4 is 5.97 Å². The van der Waals surface area contributed by atoms with E-state index in [0.717, 1.165) is 53.3 Å². The van der Waals surface area contributed by atoms with Crippen LogP contribution < -0.4 is 0 Å². The van der Waals surface area contributed by atoms with Gasteiger partial charge >= 0.3 is 5.97 Å². The number of esters is 1. The summed E-state index contributed by atoms with van der Waals surface area (Å²) in [5.41, 5.74) is 0.524. The summed E-state index contributed by atoms with van der Waals surface area (Å²) in [6.07, 6.45) is 9.74. The van der Waals surface area contributed by atoms with Crippen LogP contribution in [0.3, 0.4) is 0 Å². The van der Waals surface area contributed by atoms with E-state index in [1.807, 2.05) is 0 Å². The largest absolute Gasteiger partial charge is 0.469 e. The van der Waals surface area contributed by atoms with Crippen molar-refractivity contribution in [1.82, 2.24) is 0 Å². The first kappa shape index (κ1) is 11.9. The lowest BCUT2D eigenvalue weighted by atomic mass is 9.20. The molecule has 0 aliphatic heterocycles. The average molecular weight is 298 g/mol. The second kappa shape index (κ2) is 3.17. The maximum Gasteiger partial charge on any atom is 0.311 e. The van der Waals surface area contributed by atoms with Gasteiger partial charge in [-0.25, -0.2) is 0 Å². The Bertz CT molecular complexity index is 577. The fourth-order valence-electron chi connectivity index (χ4n) is 10.8. The van der Waals surface area contributed by atoms with Crippen LogP contribution in [0, 0.1) is 64.1 Å². The summed E-state index contributed by atoms with van der Waals surface area (Å²) in [5, 5.41) is 0. The van der Waals surface area contributed by atoms with Crippen molar-refractivity contribution in [3.8, 4) is 0 Å². The van der Waals surface area contributed by atoms with Crippen LogP contribution in [-0.4, -0.2) is 13.1 Å². The van der Waals surface area contributed by atoms with Gasteiger partial charge in [0.05, 0.1) is 12.5 Å². The number of rotatable bonds is 1. The van der Waals surface area contributed by atoms with Gasteiger partial charge in [-0.3, -0.25) is 4.79 Å². The van der Waals surface area contributed by atoms with E-state index in [9.17, 15) is 4.79 Å². The van der Waals surface area contributed by atoms with Crippen molar-refractivity contribution in [2.75, 3.05) is 7.11 Å². The average Bonchev–Trinajstić information content (AvgIpc) is 2.52. The van der Waals surface area contributed by atoms with E-state index in [1.165, 1.54) is 32.1 Å². The molecule has 0 saturated heterocycles. The van der Waals surface area contributed by atoms with Gasteiger partial charge in [0.1, 0.15) is 0 Å². The molecule has 10 saturated carbocycles. The van der Waals surface area contributed by atoms with Crippen LogP contribution in [-0.2, 0) is 9.53 Å². The molecule has 0 aromatic heterocycles. The molecule has 2 nitrogen and oxygen atoms in total. The predicted molar refractivity (Wildman–Crippen MR) is 80.6 cm³/mol. The highest BCUT2D eigenvalue weighted by atomic mass is 16.5. The third kappa shape index (κ3) is 0.931. The Balaban J connectivity index is 1.47. The minimum absolute atomic E-state index is 0.0634. The zero-order chi connectivity index (χ0) is 14.4. The molecule has 0 heterocycles. The highest BCUT2D eigenvalue weighted by molar-refractivity contribution is 5.78. The topological polar surface area (TPSA) is 26.3 Å². The summed E-state index contributed by atoms with van der Waals surface area (Å²) in [7, 11) is 1.62. The molecule has 1 spiro atoms. The summed E-state index contributed by atoms with van der Waals surface area (Å²) in [5.74, 6) is 9.20. The molecule has 0 N–H and O–H groups in total. The second-order valence-corrected chi connectivity index (χ2v) is 10.4. The molecule has 10 aliphatic carbocycles. The summed E-state index contributed by atoms with van der Waals surface area (Å²) in [4.78, 5) is 12.7. The van der Waals surface area contributed by atoms with Gasteiger partial charge in [0.15, 0.2) is 0 Å². The van der Waals surface area contributed by atoms with Crippen LogP contribution in [0.5, 0.6) is 0 Å². The van der Waals surface area contributed by atoms with Crippen molar-refractivity contribution < 1.29 is 9.53 Å². The van der Waals surface area contributed by atoms with Gasteiger partial charge in [0.25, 0.3) is 0 Å². The lowest BCUT2D eigenvalue weighted by Gasteiger charge is -2.84. The van der Waals surface area contributed by atoms with E-state index in [1.54, 1.807) is 20.0 Å². The van der Waals surface area contributed by atoms with Crippen LogP contribution >= 0.6 is 0 Å². The summed E-state index contributed by atoms with van der Waals surface area (Å²) in [6.45, 7) is 0. The van der Waals surface area contributed by atoms with Crippen LogP contribution in [0.25, 0.3) is 0 Å². The minimum atomic E-state index is -0.0634. The molecule has 11 bridgehead atoms. The second-order valence-electron chi connectivity index (χ2n) is 10.4. The molecule has 0 aromatic carbocycles. The van der Waals surface area contributed by atoms with Gasteiger partial charge in [-0.05, 0) is 104 Å². The quantitative estimate of drug-likeness (QED) is 0.693. The first-order valence-corrected chi connectivity index (χ1v) is 9.75. The van der Waals surface area contributed by atoms with Crippen molar-refractivity contribution in [2.45, 2.75) is 44.9 Å². The highest BCUT2D eigenvalue weighted by Crippen LogP contribution is 2.86. The Morgan fingerprint density at radius 2 is 1.50 bits per heavy atom. The Morgan fingerprint density at radius 1 is 0.864 bits per heavy atom. The molecule has 0 radical (unpaired) electrons. The van der Waals surface area contributed by atoms with Gasteiger partial charge in [-0.2, -0.15) is 0 Å². The highest BCUT2D eigenvalue weighted by Gasteiger charge is 2.81. The van der Waals surface area contributed by atoms with Gasteiger partial charge in [-0.1, -0.05) is 0 Å². The molecule has 5 unspecified atom stereocenters. The molecular weight excluding hydrogens is 272 g/mol. The monoisotopic (exact) mass is 298 g/mol. The number of hydrogen-bond acceptors (Lipinski definition) is 2. The third-order valence-electron chi connectivity index (χ3n) is 10.3. The molecule has 0 aromatic rings. The van der Waals surface area contributed by atoms with Gasteiger partial charge in [0, 0.05) is 0 Å². The molecule has 22 heavy (non-hydrogen) atoms. The first-order valence-electron chi connectivity index (χ1n) is 9.75. The van der Waals surface area contributed by atoms with Crippen molar-refractivity contribution in [3.63, 3.8) is 0 Å². The fourth-order valence-corrected chi connectivity index (χ4v) is 10.8. The van der Waals surface area contributed by atoms with Crippen LogP contribution in [0.15, 0.2) is 0 Å². The molecule has 10 fully saturated rings. The minimum Gasteiger partial charge on any atom is -0.469 e. The standard InChI is InChI=1S/C20H26O2/c1-22-18(21)19-6-14-11-4-10-12-2-9-3-13(10)17(15(11)7-19)20(5-9,8-19)16(12)14/h9-17H,2-8H2,1H3/t9?,10?,11?,12-,13+,14+,15-,16+,17-,19?,20?. The summed E-state index contributed by atoms with van der Waals surface area (Å²) >= 11 is 0. The number of ether oxygens (including phenoxy) is 1. The lowest BCUT2D eigenvalue weighted by molar-refractivity contribution is -0.360. The van der Waals surface area contributed by atoms with Crippen LogP contribution in [0.2, 0.25) is 0 Å². The maximum absolute atomic E-state index is 12.7. The maximum atomic E-state index is 12.7. The first-order chi connectivity index (χ1) is 10.7. The van der Waals surface area contributed by atoms with Crippen molar-refractivity contribution in [1.29, 1.82) is 0 Å². The number of hydrogen-bond donors (Lipinski definition) is 0. The van der Waals surface area contributed by atoms with Crippen molar-refractivity contribution in [3.05, 3.63) is 0 Å². The van der Waals surface area contributed by atoms with Gasteiger partial charge < -0.3 is 4.74 Å². The van der Waals surface area contributed by atoms with Gasteiger partial charge in [0.2, 0.25) is 0 Å². The zero-order valence-corrected chi connectivity index (χ0v) is 13.5. The number of methoxy groups -OCH3 is 1. The van der Waals surface area contributed by atoms with E-state index in [2.05, 4.69) is 0 Å². The molecule has 10 aliphatic rings. The smallest absolute Gasteiger partial charge is 0.311 e. The van der Waals surface area contributed by atoms with Crippen molar-refractivity contribution in [2.24, 2.45) is 64.1 Å². The zero-order valence-electron chi connectivity index (χ0n) is 13.5. The summed E-state index contributed by atoms with van der Waals surface area (Å²) in [6, 6.07) is 0. The van der Waals surface area contributed by atoms with Crippen LogP contribution in [0.1, 0.15) is 44.9 Å².